The minimum absolute atomic E-state index is 0.199. The van der Waals surface area contributed by atoms with Gasteiger partial charge in [-0.2, -0.15) is 4.98 Å². The molecular formula is C18H17ClN2O3S. The Bertz CT molecular complexity index is 865. The van der Waals surface area contributed by atoms with Gasteiger partial charge in [-0.25, -0.2) is 0 Å². The molecule has 3 rings (SSSR count). The number of aryl methyl sites for hydroxylation is 1. The molecule has 1 aromatic heterocycles. The van der Waals surface area contributed by atoms with Gasteiger partial charge in [0.1, 0.15) is 11.5 Å². The molecule has 1 atom stereocenters. The van der Waals surface area contributed by atoms with E-state index in [0.717, 1.165) is 11.3 Å². The summed E-state index contributed by atoms with van der Waals surface area (Å²) in [4.78, 5) is 4.27. The van der Waals surface area contributed by atoms with Crippen LogP contribution in [0.15, 0.2) is 53.1 Å². The van der Waals surface area contributed by atoms with Crippen molar-refractivity contribution in [1.29, 1.82) is 0 Å². The summed E-state index contributed by atoms with van der Waals surface area (Å²) in [6.07, 6.45) is 0. The third-order valence-corrected chi connectivity index (χ3v) is 4.86. The smallest absolute Gasteiger partial charge is 0.239 e. The summed E-state index contributed by atoms with van der Waals surface area (Å²) in [6.45, 7) is 2.38. The van der Waals surface area contributed by atoms with E-state index < -0.39 is 10.8 Å². The van der Waals surface area contributed by atoms with Crippen LogP contribution >= 0.6 is 11.6 Å². The average molecular weight is 377 g/mol. The van der Waals surface area contributed by atoms with E-state index in [-0.39, 0.29) is 5.75 Å². The van der Waals surface area contributed by atoms with Crippen molar-refractivity contribution < 1.29 is 13.5 Å². The van der Waals surface area contributed by atoms with Crippen LogP contribution in [0.5, 0.6) is 5.75 Å². The minimum atomic E-state index is -1.14. The van der Waals surface area contributed by atoms with Gasteiger partial charge in [-0.3, -0.25) is 4.21 Å². The molecule has 0 aliphatic heterocycles. The standard InChI is InChI=1S/C18H17ClN2O3S/c1-13-5-7-16(8-6-13)23-9-10-25(22)12-17-20-18(21-24-17)14-3-2-4-15(19)11-14/h2-8,11H,9-10,12H2,1H3/t25-/m0/s1. The van der Waals surface area contributed by atoms with Gasteiger partial charge in [0, 0.05) is 21.4 Å². The monoisotopic (exact) mass is 376 g/mol. The van der Waals surface area contributed by atoms with Crippen LogP contribution < -0.4 is 4.74 Å². The van der Waals surface area contributed by atoms with Gasteiger partial charge < -0.3 is 9.26 Å². The van der Waals surface area contributed by atoms with Crippen molar-refractivity contribution in [3.63, 3.8) is 0 Å². The number of ether oxygens (including phenoxy) is 1. The van der Waals surface area contributed by atoms with Crippen molar-refractivity contribution in [2.24, 2.45) is 0 Å². The summed E-state index contributed by atoms with van der Waals surface area (Å²) in [7, 11) is -1.14. The summed E-state index contributed by atoms with van der Waals surface area (Å²) in [5.74, 6) is 2.13. The summed E-state index contributed by atoms with van der Waals surface area (Å²) in [5, 5.41) is 4.50. The zero-order valence-electron chi connectivity index (χ0n) is 13.6. The third kappa shape index (κ3) is 5.14. The fourth-order valence-corrected chi connectivity index (χ4v) is 3.15. The molecule has 0 saturated carbocycles. The van der Waals surface area contributed by atoms with Gasteiger partial charge in [-0.15, -0.1) is 0 Å². The Kier molecular flexibility index (Phi) is 5.83. The average Bonchev–Trinajstić information content (AvgIpc) is 3.05. The van der Waals surface area contributed by atoms with Crippen LogP contribution in [-0.4, -0.2) is 26.7 Å². The lowest BCUT2D eigenvalue weighted by Crippen LogP contribution is -2.10. The first kappa shape index (κ1) is 17.6. The van der Waals surface area contributed by atoms with Crippen LogP contribution in [0.4, 0.5) is 0 Å². The molecule has 0 spiro atoms. The summed E-state index contributed by atoms with van der Waals surface area (Å²) >= 11 is 5.95. The van der Waals surface area contributed by atoms with Gasteiger partial charge in [-0.1, -0.05) is 46.6 Å². The molecule has 0 fully saturated rings. The molecule has 0 unspecified atom stereocenters. The number of halogens is 1. The van der Waals surface area contributed by atoms with E-state index >= 15 is 0 Å². The van der Waals surface area contributed by atoms with E-state index in [9.17, 15) is 4.21 Å². The second kappa shape index (κ2) is 8.27. The van der Waals surface area contributed by atoms with E-state index in [0.29, 0.717) is 29.1 Å². The van der Waals surface area contributed by atoms with Crippen molar-refractivity contribution in [1.82, 2.24) is 10.1 Å². The van der Waals surface area contributed by atoms with E-state index in [2.05, 4.69) is 10.1 Å². The second-order valence-electron chi connectivity index (χ2n) is 5.47. The normalized spacial score (nSPS) is 12.1. The molecule has 0 amide bonds. The van der Waals surface area contributed by atoms with Crippen LogP contribution in [0.2, 0.25) is 5.02 Å². The van der Waals surface area contributed by atoms with E-state index in [1.807, 2.05) is 43.3 Å². The second-order valence-corrected chi connectivity index (χ2v) is 7.48. The highest BCUT2D eigenvalue weighted by Crippen LogP contribution is 2.20. The fourth-order valence-electron chi connectivity index (χ4n) is 2.16. The lowest BCUT2D eigenvalue weighted by atomic mass is 10.2. The lowest BCUT2D eigenvalue weighted by molar-refractivity contribution is 0.342. The number of aromatic nitrogens is 2. The maximum atomic E-state index is 12.1. The lowest BCUT2D eigenvalue weighted by Gasteiger charge is -2.05. The molecule has 0 N–H and O–H groups in total. The first-order valence-electron chi connectivity index (χ1n) is 7.73. The molecule has 5 nitrogen and oxygen atoms in total. The molecule has 0 aliphatic carbocycles. The van der Waals surface area contributed by atoms with E-state index in [1.54, 1.807) is 12.1 Å². The van der Waals surface area contributed by atoms with Gasteiger partial charge in [0.05, 0.1) is 12.4 Å². The Labute approximate surface area is 153 Å². The van der Waals surface area contributed by atoms with Crippen molar-refractivity contribution in [3.8, 4) is 17.1 Å². The number of rotatable bonds is 7. The Morgan fingerprint density at radius 2 is 2.00 bits per heavy atom. The molecule has 2 aromatic carbocycles. The van der Waals surface area contributed by atoms with Crippen molar-refractivity contribution in [2.45, 2.75) is 12.7 Å². The number of hydrogen-bond donors (Lipinski definition) is 0. The first-order valence-corrected chi connectivity index (χ1v) is 9.60. The quantitative estimate of drug-likeness (QED) is 0.623. The van der Waals surface area contributed by atoms with Gasteiger partial charge in [0.25, 0.3) is 0 Å². The number of benzene rings is 2. The van der Waals surface area contributed by atoms with E-state index in [1.165, 1.54) is 5.56 Å². The van der Waals surface area contributed by atoms with E-state index in [4.69, 9.17) is 20.9 Å². The van der Waals surface area contributed by atoms with Crippen LogP contribution in [0.1, 0.15) is 11.5 Å². The minimum Gasteiger partial charge on any atom is -0.493 e. The molecule has 7 heteroatoms. The number of nitrogens with zero attached hydrogens (tertiary/aromatic N) is 2. The zero-order chi connectivity index (χ0) is 17.6. The molecule has 0 bridgehead atoms. The molecule has 25 heavy (non-hydrogen) atoms. The summed E-state index contributed by atoms with van der Waals surface area (Å²) in [5.41, 5.74) is 1.93. The van der Waals surface area contributed by atoms with Crippen LogP contribution in [-0.2, 0) is 16.6 Å². The highest BCUT2D eigenvalue weighted by atomic mass is 35.5. The molecule has 0 aliphatic rings. The van der Waals surface area contributed by atoms with Gasteiger partial charge in [0.2, 0.25) is 11.7 Å². The van der Waals surface area contributed by atoms with Crippen molar-refractivity contribution in [3.05, 3.63) is 65.0 Å². The summed E-state index contributed by atoms with van der Waals surface area (Å²) < 4.78 is 22.9. The number of hydrogen-bond acceptors (Lipinski definition) is 5. The first-order chi connectivity index (χ1) is 12.1. The maximum absolute atomic E-state index is 12.1. The van der Waals surface area contributed by atoms with Crippen molar-refractivity contribution >= 4 is 22.4 Å². The fraction of sp³-hybridized carbons (Fsp3) is 0.222. The zero-order valence-corrected chi connectivity index (χ0v) is 15.2. The van der Waals surface area contributed by atoms with Gasteiger partial charge >= 0.3 is 0 Å². The molecule has 0 radical (unpaired) electrons. The molecular weight excluding hydrogens is 360 g/mol. The third-order valence-electron chi connectivity index (χ3n) is 3.44. The Balaban J connectivity index is 1.50. The van der Waals surface area contributed by atoms with Crippen LogP contribution in [0.25, 0.3) is 11.4 Å². The molecule has 130 valence electrons. The Morgan fingerprint density at radius 1 is 1.20 bits per heavy atom. The van der Waals surface area contributed by atoms with Crippen LogP contribution in [0, 0.1) is 6.92 Å². The highest BCUT2D eigenvalue weighted by molar-refractivity contribution is 7.84. The predicted octanol–water partition coefficient (Wildman–Crippen LogP) is 4.03. The molecule has 3 aromatic rings. The molecule has 1 heterocycles. The Hall–Kier alpha value is -2.18. The van der Waals surface area contributed by atoms with Crippen molar-refractivity contribution in [2.75, 3.05) is 12.4 Å². The van der Waals surface area contributed by atoms with Gasteiger partial charge in [0.15, 0.2) is 0 Å². The van der Waals surface area contributed by atoms with Gasteiger partial charge in [-0.05, 0) is 31.2 Å². The topological polar surface area (TPSA) is 65.2 Å². The predicted molar refractivity (Wildman–Crippen MR) is 98.1 cm³/mol. The Morgan fingerprint density at radius 3 is 2.76 bits per heavy atom. The molecule has 0 saturated heterocycles. The SMILES string of the molecule is Cc1ccc(OCC[S@](=O)Cc2nc(-c3cccc(Cl)c3)no2)cc1. The largest absolute Gasteiger partial charge is 0.493 e. The maximum Gasteiger partial charge on any atom is 0.239 e. The van der Waals surface area contributed by atoms with Crippen LogP contribution in [0.3, 0.4) is 0 Å². The summed E-state index contributed by atoms with van der Waals surface area (Å²) in [6, 6.07) is 14.9. The highest BCUT2D eigenvalue weighted by Gasteiger charge is 2.12.